The van der Waals surface area contributed by atoms with Gasteiger partial charge in [0.05, 0.1) is 17.8 Å². The molecular weight excluding hydrogens is 256 g/mol. The highest BCUT2D eigenvalue weighted by Crippen LogP contribution is 2.31. The molecule has 0 unspecified atom stereocenters. The largest absolute Gasteiger partial charge is 0.399 e. The van der Waals surface area contributed by atoms with Crippen LogP contribution in [0.2, 0.25) is 0 Å². The predicted octanol–water partition coefficient (Wildman–Crippen LogP) is 2.24. The van der Waals surface area contributed by atoms with Gasteiger partial charge in [-0.05, 0) is 48.0 Å². The van der Waals surface area contributed by atoms with Crippen molar-refractivity contribution >= 4 is 27.3 Å². The van der Waals surface area contributed by atoms with E-state index in [-0.39, 0.29) is 12.1 Å². The predicted molar refractivity (Wildman–Crippen MR) is 68.1 cm³/mol. The van der Waals surface area contributed by atoms with Crippen molar-refractivity contribution in [3.8, 4) is 0 Å². The van der Waals surface area contributed by atoms with E-state index in [2.05, 4.69) is 15.9 Å². The third-order valence-electron chi connectivity index (χ3n) is 2.63. The summed E-state index contributed by atoms with van der Waals surface area (Å²) in [5.74, 6) is 0. The molecule has 0 aliphatic carbocycles. The summed E-state index contributed by atoms with van der Waals surface area (Å²) in [5.41, 5.74) is 7.12. The van der Waals surface area contributed by atoms with Crippen LogP contribution in [-0.2, 0) is 0 Å². The number of benzene rings is 1. The summed E-state index contributed by atoms with van der Waals surface area (Å²) in [6.45, 7) is 4.06. The van der Waals surface area contributed by atoms with E-state index >= 15 is 0 Å². The number of anilines is 2. The van der Waals surface area contributed by atoms with Crippen LogP contribution in [0.1, 0.15) is 13.8 Å². The van der Waals surface area contributed by atoms with Crippen molar-refractivity contribution in [1.82, 2.24) is 0 Å². The van der Waals surface area contributed by atoms with Crippen LogP contribution in [0.25, 0.3) is 0 Å². The van der Waals surface area contributed by atoms with Crippen LogP contribution in [0.5, 0.6) is 0 Å². The fourth-order valence-electron chi connectivity index (χ4n) is 1.23. The zero-order chi connectivity index (χ0) is 11.6. The third-order valence-corrected chi connectivity index (χ3v) is 3.26. The smallest absolute Gasteiger partial charge is 0.0658 e. The van der Waals surface area contributed by atoms with E-state index in [1.54, 1.807) is 0 Å². The Morgan fingerprint density at radius 2 is 2.07 bits per heavy atom. The van der Waals surface area contributed by atoms with Crippen LogP contribution in [0.15, 0.2) is 22.7 Å². The van der Waals surface area contributed by atoms with Gasteiger partial charge in [0.1, 0.15) is 0 Å². The zero-order valence-electron chi connectivity index (χ0n) is 9.29. The summed E-state index contributed by atoms with van der Waals surface area (Å²) in [6.07, 6.45) is 0. The molecule has 3 nitrogen and oxygen atoms in total. The van der Waals surface area contributed by atoms with Crippen LogP contribution in [0.3, 0.4) is 0 Å². The van der Waals surface area contributed by atoms with Gasteiger partial charge in [-0.1, -0.05) is 0 Å². The van der Waals surface area contributed by atoms with Crippen molar-refractivity contribution in [3.63, 3.8) is 0 Å². The molecule has 15 heavy (non-hydrogen) atoms. The van der Waals surface area contributed by atoms with E-state index in [4.69, 9.17) is 5.73 Å². The maximum Gasteiger partial charge on any atom is 0.0658 e. The SMILES string of the molecule is CN(c1ccc(N)cc1Br)C(C)(C)CO. The lowest BCUT2D eigenvalue weighted by molar-refractivity contribution is 0.216. The number of nitrogens with zero attached hydrogens (tertiary/aromatic N) is 1. The molecule has 0 atom stereocenters. The molecule has 0 radical (unpaired) electrons. The minimum absolute atomic E-state index is 0.0975. The van der Waals surface area contributed by atoms with Crippen LogP contribution in [0.4, 0.5) is 11.4 Å². The number of hydrogen-bond donors (Lipinski definition) is 2. The number of aliphatic hydroxyl groups excluding tert-OH is 1. The number of hydrogen-bond acceptors (Lipinski definition) is 3. The molecule has 0 saturated heterocycles. The Kier molecular flexibility index (Phi) is 3.62. The van der Waals surface area contributed by atoms with Crippen molar-refractivity contribution in [1.29, 1.82) is 0 Å². The molecule has 3 N–H and O–H groups in total. The zero-order valence-corrected chi connectivity index (χ0v) is 10.9. The van der Waals surface area contributed by atoms with Gasteiger partial charge in [0, 0.05) is 17.2 Å². The second kappa shape index (κ2) is 4.41. The van der Waals surface area contributed by atoms with Gasteiger partial charge < -0.3 is 15.7 Å². The molecule has 1 aromatic rings. The highest BCUT2D eigenvalue weighted by Gasteiger charge is 2.23. The molecule has 1 aromatic carbocycles. The Morgan fingerprint density at radius 3 is 2.53 bits per heavy atom. The fraction of sp³-hybridized carbons (Fsp3) is 0.455. The highest BCUT2D eigenvalue weighted by molar-refractivity contribution is 9.10. The molecule has 0 aliphatic heterocycles. The number of rotatable bonds is 3. The topological polar surface area (TPSA) is 49.5 Å². The van der Waals surface area contributed by atoms with E-state index in [9.17, 15) is 5.11 Å². The van der Waals surface area contributed by atoms with Gasteiger partial charge in [0.2, 0.25) is 0 Å². The minimum atomic E-state index is -0.293. The normalized spacial score (nSPS) is 11.5. The summed E-state index contributed by atoms with van der Waals surface area (Å²) < 4.78 is 0.937. The number of likely N-dealkylation sites (N-methyl/N-ethyl adjacent to an activating group) is 1. The number of halogens is 1. The monoisotopic (exact) mass is 272 g/mol. The summed E-state index contributed by atoms with van der Waals surface area (Å²) in [6, 6.07) is 5.65. The quantitative estimate of drug-likeness (QED) is 0.830. The Labute approximate surface area is 99.0 Å². The van der Waals surface area contributed by atoms with Crippen LogP contribution < -0.4 is 10.6 Å². The molecular formula is C11H17BrN2O. The summed E-state index contributed by atoms with van der Waals surface area (Å²) >= 11 is 3.47. The van der Waals surface area contributed by atoms with E-state index in [0.717, 1.165) is 15.8 Å². The molecule has 0 fully saturated rings. The van der Waals surface area contributed by atoms with E-state index in [1.165, 1.54) is 0 Å². The molecule has 0 amide bonds. The molecule has 0 aromatic heterocycles. The third kappa shape index (κ3) is 2.63. The van der Waals surface area contributed by atoms with Gasteiger partial charge in [-0.25, -0.2) is 0 Å². The van der Waals surface area contributed by atoms with Crippen LogP contribution in [-0.4, -0.2) is 24.3 Å². The molecule has 0 saturated carbocycles. The van der Waals surface area contributed by atoms with Gasteiger partial charge in [-0.3, -0.25) is 0 Å². The van der Waals surface area contributed by atoms with E-state index in [0.29, 0.717) is 0 Å². The van der Waals surface area contributed by atoms with Crippen LogP contribution in [0, 0.1) is 0 Å². The lowest BCUT2D eigenvalue weighted by atomic mass is 10.0. The molecule has 1 rings (SSSR count). The molecule has 0 aliphatic rings. The van der Waals surface area contributed by atoms with Gasteiger partial charge in [-0.2, -0.15) is 0 Å². The van der Waals surface area contributed by atoms with Crippen molar-refractivity contribution < 1.29 is 5.11 Å². The molecule has 0 heterocycles. The van der Waals surface area contributed by atoms with Crippen molar-refractivity contribution in [2.75, 3.05) is 24.3 Å². The van der Waals surface area contributed by atoms with Crippen molar-refractivity contribution in [3.05, 3.63) is 22.7 Å². The molecule has 4 heteroatoms. The molecule has 84 valence electrons. The second-order valence-corrected chi connectivity index (χ2v) is 5.09. The maximum atomic E-state index is 9.29. The van der Waals surface area contributed by atoms with Gasteiger partial charge in [0.15, 0.2) is 0 Å². The first-order valence-corrected chi connectivity index (χ1v) is 5.57. The summed E-state index contributed by atoms with van der Waals surface area (Å²) in [7, 11) is 1.95. The van der Waals surface area contributed by atoms with E-state index < -0.39 is 0 Å². The Bertz CT molecular complexity index is 352. The molecule has 0 bridgehead atoms. The van der Waals surface area contributed by atoms with Crippen LogP contribution >= 0.6 is 15.9 Å². The van der Waals surface area contributed by atoms with E-state index in [1.807, 2.05) is 44.0 Å². The fourth-order valence-corrected chi connectivity index (χ4v) is 1.89. The second-order valence-electron chi connectivity index (χ2n) is 4.24. The van der Waals surface area contributed by atoms with Gasteiger partial charge in [-0.15, -0.1) is 0 Å². The number of aliphatic hydroxyl groups is 1. The highest BCUT2D eigenvalue weighted by atomic mass is 79.9. The lowest BCUT2D eigenvalue weighted by Crippen LogP contribution is -2.44. The first-order chi connectivity index (χ1) is 6.88. The number of nitrogen functional groups attached to an aromatic ring is 1. The molecule has 0 spiro atoms. The van der Waals surface area contributed by atoms with Crippen molar-refractivity contribution in [2.45, 2.75) is 19.4 Å². The summed E-state index contributed by atoms with van der Waals surface area (Å²) in [5, 5.41) is 9.29. The average molecular weight is 273 g/mol. The first-order valence-electron chi connectivity index (χ1n) is 4.78. The standard InChI is InChI=1S/C11H17BrN2O/c1-11(2,7-15)14(3)10-5-4-8(13)6-9(10)12/h4-6,15H,7,13H2,1-3H3. The Balaban J connectivity index is 3.06. The maximum absolute atomic E-state index is 9.29. The van der Waals surface area contributed by atoms with Gasteiger partial charge in [0.25, 0.3) is 0 Å². The minimum Gasteiger partial charge on any atom is -0.399 e. The summed E-state index contributed by atoms with van der Waals surface area (Å²) in [4.78, 5) is 2.02. The first kappa shape index (κ1) is 12.3. The van der Waals surface area contributed by atoms with Crippen molar-refractivity contribution in [2.24, 2.45) is 0 Å². The average Bonchev–Trinajstić information content (AvgIpc) is 2.17. The Morgan fingerprint density at radius 1 is 1.47 bits per heavy atom. The van der Waals surface area contributed by atoms with Gasteiger partial charge >= 0.3 is 0 Å². The Hall–Kier alpha value is -0.740. The number of nitrogens with two attached hydrogens (primary N) is 1. The lowest BCUT2D eigenvalue weighted by Gasteiger charge is -2.36.